The molecule has 0 spiro atoms. The number of nitrogens with two attached hydrogens (primary N) is 1. The van der Waals surface area contributed by atoms with Crippen LogP contribution < -0.4 is 16.6 Å². The van der Waals surface area contributed by atoms with Crippen LogP contribution in [0, 0.1) is 0 Å². The predicted octanol–water partition coefficient (Wildman–Crippen LogP) is 1.24. The molecule has 104 valence electrons. The van der Waals surface area contributed by atoms with Crippen molar-refractivity contribution in [2.45, 2.75) is 37.5 Å². The number of aromatic amines is 1. The second-order valence-electron chi connectivity index (χ2n) is 5.55. The summed E-state index contributed by atoms with van der Waals surface area (Å²) in [7, 11) is 0. The molecule has 2 fully saturated rings. The van der Waals surface area contributed by atoms with Crippen LogP contribution in [0.5, 0.6) is 0 Å². The van der Waals surface area contributed by atoms with E-state index in [0.717, 1.165) is 24.9 Å². The molecule has 0 amide bonds. The molecule has 1 aromatic heterocycles. The van der Waals surface area contributed by atoms with Crippen molar-refractivity contribution < 1.29 is 4.74 Å². The van der Waals surface area contributed by atoms with Crippen LogP contribution >= 0.6 is 0 Å². The summed E-state index contributed by atoms with van der Waals surface area (Å²) in [5.41, 5.74) is 7.92. The summed E-state index contributed by atoms with van der Waals surface area (Å²) in [5, 5.41) is 3.96. The van der Waals surface area contributed by atoms with Gasteiger partial charge >= 0.3 is 0 Å². The molecule has 1 aromatic carbocycles. The Morgan fingerprint density at radius 2 is 2.30 bits per heavy atom. The Kier molecular flexibility index (Phi) is 2.47. The second-order valence-corrected chi connectivity index (χ2v) is 5.55. The van der Waals surface area contributed by atoms with Crippen LogP contribution in [-0.2, 0) is 4.74 Å². The molecule has 6 nitrogen and oxygen atoms in total. The first-order valence-corrected chi connectivity index (χ1v) is 6.89. The van der Waals surface area contributed by atoms with Crippen LogP contribution in [0.15, 0.2) is 23.3 Å². The number of aromatic nitrogens is 2. The van der Waals surface area contributed by atoms with Crippen molar-refractivity contribution in [3.8, 4) is 0 Å². The van der Waals surface area contributed by atoms with E-state index in [2.05, 4.69) is 15.3 Å². The number of H-pyrrole nitrogens is 1. The molecule has 2 aromatic rings. The number of nitrogens with one attached hydrogen (secondary N) is 2. The Bertz CT molecular complexity index is 727. The van der Waals surface area contributed by atoms with E-state index in [4.69, 9.17) is 10.5 Å². The number of benzene rings is 1. The van der Waals surface area contributed by atoms with Crippen molar-refractivity contribution in [1.29, 1.82) is 0 Å². The van der Waals surface area contributed by atoms with Gasteiger partial charge < -0.3 is 20.8 Å². The van der Waals surface area contributed by atoms with Gasteiger partial charge in [-0.15, -0.1) is 0 Å². The van der Waals surface area contributed by atoms with E-state index in [1.807, 2.05) is 6.07 Å². The minimum absolute atomic E-state index is 0.170. The number of rotatable bonds is 2. The molecule has 6 heteroatoms. The summed E-state index contributed by atoms with van der Waals surface area (Å²) in [6, 6.07) is 3.82. The van der Waals surface area contributed by atoms with Crippen LogP contribution in [0.2, 0.25) is 0 Å². The molecule has 2 bridgehead atoms. The van der Waals surface area contributed by atoms with Crippen molar-refractivity contribution in [3.05, 3.63) is 28.8 Å². The normalized spacial score (nSPS) is 28.1. The van der Waals surface area contributed by atoms with Crippen LogP contribution in [0.1, 0.15) is 19.3 Å². The molecule has 0 radical (unpaired) electrons. The summed E-state index contributed by atoms with van der Waals surface area (Å²) in [6.07, 6.45) is 5.36. The molecule has 20 heavy (non-hydrogen) atoms. The number of hydrogen-bond donors (Lipinski definition) is 3. The van der Waals surface area contributed by atoms with E-state index >= 15 is 0 Å². The molecule has 3 heterocycles. The molecule has 0 saturated carbocycles. The largest absolute Gasteiger partial charge is 0.397 e. The van der Waals surface area contributed by atoms with E-state index in [-0.39, 0.29) is 11.7 Å². The van der Waals surface area contributed by atoms with E-state index < -0.39 is 0 Å². The Hall–Kier alpha value is -2.08. The van der Waals surface area contributed by atoms with Gasteiger partial charge in [-0.2, -0.15) is 0 Å². The van der Waals surface area contributed by atoms with Gasteiger partial charge in [0, 0.05) is 0 Å². The average Bonchev–Trinajstić information content (AvgIpc) is 3.03. The quantitative estimate of drug-likeness (QED) is 0.715. The number of ether oxygens (including phenoxy) is 1. The van der Waals surface area contributed by atoms with Crippen molar-refractivity contribution in [3.63, 3.8) is 0 Å². The first kappa shape index (κ1) is 11.7. The lowest BCUT2D eigenvalue weighted by atomic mass is 9.95. The Labute approximate surface area is 115 Å². The van der Waals surface area contributed by atoms with Gasteiger partial charge in [-0.3, -0.25) is 4.79 Å². The molecule has 4 rings (SSSR count). The van der Waals surface area contributed by atoms with Crippen LogP contribution in [0.4, 0.5) is 11.4 Å². The van der Waals surface area contributed by atoms with E-state index in [0.29, 0.717) is 28.7 Å². The maximum Gasteiger partial charge on any atom is 0.258 e. The van der Waals surface area contributed by atoms with Crippen LogP contribution in [-0.4, -0.2) is 28.2 Å². The third-order valence-corrected chi connectivity index (χ3v) is 4.26. The number of nitrogens with zero attached hydrogens (tertiary/aromatic N) is 1. The lowest BCUT2D eigenvalue weighted by Crippen LogP contribution is -2.30. The fourth-order valence-electron chi connectivity index (χ4n) is 3.25. The summed E-state index contributed by atoms with van der Waals surface area (Å²) in [4.78, 5) is 18.4. The van der Waals surface area contributed by atoms with Gasteiger partial charge in [-0.25, -0.2) is 4.98 Å². The summed E-state index contributed by atoms with van der Waals surface area (Å²) in [5.74, 6) is 0. The van der Waals surface area contributed by atoms with Gasteiger partial charge in [0.05, 0.1) is 46.9 Å². The van der Waals surface area contributed by atoms with Gasteiger partial charge in [0.25, 0.3) is 5.56 Å². The fourth-order valence-corrected chi connectivity index (χ4v) is 3.25. The van der Waals surface area contributed by atoms with Gasteiger partial charge in [-0.05, 0) is 31.4 Å². The summed E-state index contributed by atoms with van der Waals surface area (Å²) < 4.78 is 5.83. The highest BCUT2D eigenvalue weighted by molar-refractivity contribution is 5.88. The maximum absolute atomic E-state index is 11.7. The molecular weight excluding hydrogens is 256 g/mol. The summed E-state index contributed by atoms with van der Waals surface area (Å²) >= 11 is 0. The van der Waals surface area contributed by atoms with Crippen LogP contribution in [0.3, 0.4) is 0 Å². The van der Waals surface area contributed by atoms with Gasteiger partial charge in [0.2, 0.25) is 0 Å². The Morgan fingerprint density at radius 3 is 3.05 bits per heavy atom. The van der Waals surface area contributed by atoms with Crippen molar-refractivity contribution >= 4 is 22.3 Å². The van der Waals surface area contributed by atoms with E-state index in [1.165, 1.54) is 6.33 Å². The van der Waals surface area contributed by atoms with E-state index in [9.17, 15) is 4.79 Å². The molecule has 4 N–H and O–H groups in total. The molecule has 2 aliphatic rings. The SMILES string of the molecule is Nc1cc2c(=O)[nH]cnc2cc1NC1CC2CCC1O2. The fraction of sp³-hybridized carbons (Fsp3) is 0.429. The predicted molar refractivity (Wildman–Crippen MR) is 76.7 cm³/mol. The van der Waals surface area contributed by atoms with Crippen LogP contribution in [0.25, 0.3) is 10.9 Å². The number of fused-ring (bicyclic) bond motifs is 3. The highest BCUT2D eigenvalue weighted by Gasteiger charge is 2.40. The van der Waals surface area contributed by atoms with Crippen molar-refractivity contribution in [2.75, 3.05) is 11.1 Å². The highest BCUT2D eigenvalue weighted by Crippen LogP contribution is 2.37. The number of hydrogen-bond acceptors (Lipinski definition) is 5. The Balaban J connectivity index is 1.69. The average molecular weight is 272 g/mol. The summed E-state index contributed by atoms with van der Waals surface area (Å²) in [6.45, 7) is 0. The highest BCUT2D eigenvalue weighted by atomic mass is 16.5. The van der Waals surface area contributed by atoms with Crippen molar-refractivity contribution in [1.82, 2.24) is 9.97 Å². The lowest BCUT2D eigenvalue weighted by molar-refractivity contribution is 0.102. The molecule has 3 unspecified atom stereocenters. The van der Waals surface area contributed by atoms with E-state index in [1.54, 1.807) is 6.07 Å². The number of anilines is 2. The first-order chi connectivity index (χ1) is 9.70. The molecule has 2 aliphatic heterocycles. The maximum atomic E-state index is 11.7. The topological polar surface area (TPSA) is 93.0 Å². The Morgan fingerprint density at radius 1 is 1.40 bits per heavy atom. The second kappa shape index (κ2) is 4.21. The van der Waals surface area contributed by atoms with Gasteiger partial charge in [-0.1, -0.05) is 0 Å². The molecule has 0 aliphatic carbocycles. The zero-order valence-corrected chi connectivity index (χ0v) is 10.9. The van der Waals surface area contributed by atoms with Crippen molar-refractivity contribution in [2.24, 2.45) is 0 Å². The smallest absolute Gasteiger partial charge is 0.258 e. The molecule has 2 saturated heterocycles. The zero-order chi connectivity index (χ0) is 13.7. The van der Waals surface area contributed by atoms with Gasteiger partial charge in [0.15, 0.2) is 0 Å². The standard InChI is InChI=1S/C14H16N4O2/c15-9-4-8-10(16-6-17-14(8)19)5-11(9)18-12-3-7-1-2-13(12)20-7/h4-7,12-13,18H,1-3,15H2,(H,16,17,19). The minimum atomic E-state index is -0.170. The van der Waals surface area contributed by atoms with Gasteiger partial charge in [0.1, 0.15) is 0 Å². The lowest BCUT2D eigenvalue weighted by Gasteiger charge is -2.22. The molecular formula is C14H16N4O2. The first-order valence-electron chi connectivity index (χ1n) is 6.89. The molecule has 3 atom stereocenters. The zero-order valence-electron chi connectivity index (χ0n) is 10.9. The monoisotopic (exact) mass is 272 g/mol. The number of nitrogen functional groups attached to an aromatic ring is 1. The minimum Gasteiger partial charge on any atom is -0.397 e. The third kappa shape index (κ3) is 1.76. The third-order valence-electron chi connectivity index (χ3n) is 4.26.